The molecule has 0 bridgehead atoms. The number of ketones is 1. The molecule has 0 aliphatic carbocycles. The SMILES string of the molecule is NC(=O)c1c(N)c(C(=O)c2cccc([N+](=O)[O-])c2)n2ccccc12. The molecule has 24 heavy (non-hydrogen) atoms. The minimum absolute atomic E-state index is 0.0416. The number of hydrogen-bond donors (Lipinski definition) is 2. The molecule has 0 saturated carbocycles. The maximum atomic E-state index is 12.8. The number of nitrogen functional groups attached to an aromatic ring is 1. The number of carbonyl (C=O) groups is 2. The number of benzene rings is 1. The molecule has 0 radical (unpaired) electrons. The molecule has 0 unspecified atom stereocenters. The Morgan fingerprint density at radius 2 is 1.88 bits per heavy atom. The summed E-state index contributed by atoms with van der Waals surface area (Å²) in [6, 6.07) is 10.3. The average molecular weight is 324 g/mol. The first-order valence-corrected chi connectivity index (χ1v) is 6.89. The van der Waals surface area contributed by atoms with Crippen molar-refractivity contribution in [3.63, 3.8) is 0 Å². The summed E-state index contributed by atoms with van der Waals surface area (Å²) in [7, 11) is 0. The highest BCUT2D eigenvalue weighted by Gasteiger charge is 2.25. The van der Waals surface area contributed by atoms with E-state index in [0.29, 0.717) is 5.52 Å². The van der Waals surface area contributed by atoms with Crippen molar-refractivity contribution in [1.29, 1.82) is 0 Å². The molecule has 3 aromatic rings. The van der Waals surface area contributed by atoms with E-state index in [1.54, 1.807) is 24.4 Å². The van der Waals surface area contributed by atoms with Crippen molar-refractivity contribution in [1.82, 2.24) is 4.40 Å². The van der Waals surface area contributed by atoms with Gasteiger partial charge in [0.25, 0.3) is 11.6 Å². The number of nitrogens with two attached hydrogens (primary N) is 2. The molecule has 2 aromatic heterocycles. The Bertz CT molecular complexity index is 1010. The molecule has 2 heterocycles. The summed E-state index contributed by atoms with van der Waals surface area (Å²) in [6.45, 7) is 0. The van der Waals surface area contributed by atoms with Gasteiger partial charge in [0.05, 0.1) is 21.7 Å². The number of amides is 1. The van der Waals surface area contributed by atoms with Gasteiger partial charge in [0.15, 0.2) is 0 Å². The number of rotatable bonds is 4. The molecular formula is C16H12N4O4. The minimum atomic E-state index is -0.755. The van der Waals surface area contributed by atoms with Crippen molar-refractivity contribution in [3.8, 4) is 0 Å². The first kappa shape index (κ1) is 15.2. The van der Waals surface area contributed by atoms with Crippen LogP contribution in [0.15, 0.2) is 48.7 Å². The second-order valence-electron chi connectivity index (χ2n) is 5.09. The van der Waals surface area contributed by atoms with E-state index in [1.807, 2.05) is 0 Å². The number of nitrogens with zero attached hydrogens (tertiary/aromatic N) is 2. The number of nitro groups is 1. The molecular weight excluding hydrogens is 312 g/mol. The molecule has 0 fully saturated rings. The van der Waals surface area contributed by atoms with Gasteiger partial charge in [0, 0.05) is 23.9 Å². The highest BCUT2D eigenvalue weighted by molar-refractivity contribution is 6.17. The molecule has 1 amide bonds. The summed E-state index contributed by atoms with van der Waals surface area (Å²) in [5, 5.41) is 10.9. The molecule has 0 atom stereocenters. The molecule has 8 nitrogen and oxygen atoms in total. The molecule has 120 valence electrons. The lowest BCUT2D eigenvalue weighted by molar-refractivity contribution is -0.384. The van der Waals surface area contributed by atoms with E-state index < -0.39 is 16.6 Å². The van der Waals surface area contributed by atoms with Crippen molar-refractivity contribution in [2.24, 2.45) is 5.73 Å². The highest BCUT2D eigenvalue weighted by atomic mass is 16.6. The van der Waals surface area contributed by atoms with E-state index in [0.717, 1.165) is 6.07 Å². The van der Waals surface area contributed by atoms with Crippen LogP contribution < -0.4 is 11.5 Å². The fourth-order valence-corrected chi connectivity index (χ4v) is 2.62. The van der Waals surface area contributed by atoms with E-state index >= 15 is 0 Å². The van der Waals surface area contributed by atoms with Gasteiger partial charge >= 0.3 is 0 Å². The number of carbonyl (C=O) groups excluding carboxylic acids is 2. The number of non-ortho nitro benzene ring substituents is 1. The topological polar surface area (TPSA) is 134 Å². The van der Waals surface area contributed by atoms with Crippen molar-refractivity contribution < 1.29 is 14.5 Å². The maximum absolute atomic E-state index is 12.8. The van der Waals surface area contributed by atoms with Crippen LogP contribution in [0.1, 0.15) is 26.4 Å². The molecule has 8 heteroatoms. The Hall–Kier alpha value is -3.68. The van der Waals surface area contributed by atoms with Gasteiger partial charge in [-0.25, -0.2) is 0 Å². The maximum Gasteiger partial charge on any atom is 0.270 e. The summed E-state index contributed by atoms with van der Waals surface area (Å²) in [6.07, 6.45) is 1.57. The Labute approximate surface area is 135 Å². The lowest BCUT2D eigenvalue weighted by atomic mass is 10.1. The van der Waals surface area contributed by atoms with Gasteiger partial charge in [0.2, 0.25) is 5.78 Å². The first-order chi connectivity index (χ1) is 11.4. The van der Waals surface area contributed by atoms with Gasteiger partial charge in [-0.3, -0.25) is 19.7 Å². The van der Waals surface area contributed by atoms with Crippen molar-refractivity contribution in [2.75, 3.05) is 5.73 Å². The van der Waals surface area contributed by atoms with Gasteiger partial charge in [-0.05, 0) is 12.1 Å². The molecule has 3 rings (SSSR count). The second kappa shape index (κ2) is 5.51. The van der Waals surface area contributed by atoms with Crippen LogP contribution in [0.25, 0.3) is 5.52 Å². The standard InChI is InChI=1S/C16H12N4O4/c17-13-12(16(18)22)11-6-1-2-7-19(11)14(13)15(21)9-4-3-5-10(8-9)20(23)24/h1-8H,17H2,(H2,18,22). The monoisotopic (exact) mass is 324 g/mol. The van der Waals surface area contributed by atoms with Gasteiger partial charge in [-0.15, -0.1) is 0 Å². The van der Waals surface area contributed by atoms with Crippen LogP contribution in [0, 0.1) is 10.1 Å². The summed E-state index contributed by atoms with van der Waals surface area (Å²) in [5.74, 6) is -1.29. The zero-order valence-corrected chi connectivity index (χ0v) is 12.3. The highest BCUT2D eigenvalue weighted by Crippen LogP contribution is 2.28. The third-order valence-electron chi connectivity index (χ3n) is 3.66. The smallest absolute Gasteiger partial charge is 0.270 e. The van der Waals surface area contributed by atoms with E-state index in [4.69, 9.17) is 11.5 Å². The van der Waals surface area contributed by atoms with E-state index in [-0.39, 0.29) is 28.2 Å². The number of fused-ring (bicyclic) bond motifs is 1. The Balaban J connectivity index is 2.25. The third-order valence-corrected chi connectivity index (χ3v) is 3.66. The summed E-state index contributed by atoms with van der Waals surface area (Å²) < 4.78 is 1.45. The zero-order chi connectivity index (χ0) is 17.4. The fourth-order valence-electron chi connectivity index (χ4n) is 2.62. The number of pyridine rings is 1. The number of anilines is 1. The Morgan fingerprint density at radius 1 is 1.12 bits per heavy atom. The predicted molar refractivity (Wildman–Crippen MR) is 86.9 cm³/mol. The van der Waals surface area contributed by atoms with Crippen LogP contribution in [0.4, 0.5) is 11.4 Å². The predicted octanol–water partition coefficient (Wildman–Crippen LogP) is 1.76. The number of aromatic nitrogens is 1. The van der Waals surface area contributed by atoms with Gasteiger partial charge < -0.3 is 15.9 Å². The van der Waals surface area contributed by atoms with Crippen LogP contribution in [-0.4, -0.2) is 21.0 Å². The number of primary amides is 1. The minimum Gasteiger partial charge on any atom is -0.396 e. The Morgan fingerprint density at radius 3 is 2.54 bits per heavy atom. The Kier molecular flexibility index (Phi) is 3.49. The normalized spacial score (nSPS) is 10.7. The summed E-state index contributed by atoms with van der Waals surface area (Å²) >= 11 is 0. The van der Waals surface area contributed by atoms with Crippen LogP contribution >= 0.6 is 0 Å². The lowest BCUT2D eigenvalue weighted by Crippen LogP contribution is -2.13. The van der Waals surface area contributed by atoms with E-state index in [9.17, 15) is 19.7 Å². The van der Waals surface area contributed by atoms with Crippen molar-refractivity contribution in [2.45, 2.75) is 0 Å². The quantitative estimate of drug-likeness (QED) is 0.428. The molecule has 0 spiro atoms. The molecule has 1 aromatic carbocycles. The van der Waals surface area contributed by atoms with Gasteiger partial charge in [-0.1, -0.05) is 18.2 Å². The number of nitro benzene ring substituents is 1. The van der Waals surface area contributed by atoms with Crippen LogP contribution in [0.3, 0.4) is 0 Å². The summed E-state index contributed by atoms with van der Waals surface area (Å²) in [5.41, 5.74) is 11.7. The van der Waals surface area contributed by atoms with Crippen molar-refractivity contribution >= 4 is 28.6 Å². The molecule has 0 saturated heterocycles. The van der Waals surface area contributed by atoms with Crippen LogP contribution in [0.2, 0.25) is 0 Å². The van der Waals surface area contributed by atoms with E-state index in [1.165, 1.54) is 22.6 Å². The number of hydrogen-bond acceptors (Lipinski definition) is 5. The van der Waals surface area contributed by atoms with Gasteiger partial charge in [-0.2, -0.15) is 0 Å². The molecule has 0 aliphatic rings. The van der Waals surface area contributed by atoms with Crippen LogP contribution in [-0.2, 0) is 0 Å². The zero-order valence-electron chi connectivity index (χ0n) is 12.3. The molecule has 4 N–H and O–H groups in total. The molecule has 0 aliphatic heterocycles. The van der Waals surface area contributed by atoms with Gasteiger partial charge in [0.1, 0.15) is 5.69 Å². The van der Waals surface area contributed by atoms with E-state index in [2.05, 4.69) is 0 Å². The average Bonchev–Trinajstić information content (AvgIpc) is 2.86. The first-order valence-electron chi connectivity index (χ1n) is 6.89. The van der Waals surface area contributed by atoms with Crippen molar-refractivity contribution in [3.05, 3.63) is 75.6 Å². The lowest BCUT2D eigenvalue weighted by Gasteiger charge is -2.03. The van der Waals surface area contributed by atoms with Crippen LogP contribution in [0.5, 0.6) is 0 Å². The summed E-state index contributed by atoms with van der Waals surface area (Å²) in [4.78, 5) is 34.8. The fraction of sp³-hybridized carbons (Fsp3) is 0. The largest absolute Gasteiger partial charge is 0.396 e. The second-order valence-corrected chi connectivity index (χ2v) is 5.09. The third kappa shape index (κ3) is 2.26.